The van der Waals surface area contributed by atoms with Crippen LogP contribution in [0.1, 0.15) is 30.5 Å². The lowest BCUT2D eigenvalue weighted by atomic mass is 9.87. The molecule has 0 spiro atoms. The normalized spacial score (nSPS) is 13.6. The van der Waals surface area contributed by atoms with E-state index >= 15 is 0 Å². The fourth-order valence-electron chi connectivity index (χ4n) is 2.17. The van der Waals surface area contributed by atoms with Crippen molar-refractivity contribution < 1.29 is 4.39 Å². The van der Waals surface area contributed by atoms with Gasteiger partial charge in [0.05, 0.1) is 12.0 Å². The Kier molecular flexibility index (Phi) is 3.92. The molecule has 1 aromatic carbocycles. The molecule has 1 heterocycles. The molecule has 2 rings (SSSR count). The van der Waals surface area contributed by atoms with Crippen molar-refractivity contribution in [3.8, 4) is 0 Å². The van der Waals surface area contributed by atoms with Crippen LogP contribution in [-0.4, -0.2) is 9.97 Å². The SMILES string of the molecule is [CH2]/C=C(\c1c[nH]cn1)C(CC)c1ccc(F)cc1. The Morgan fingerprint density at radius 3 is 2.67 bits per heavy atom. The summed E-state index contributed by atoms with van der Waals surface area (Å²) in [6.07, 6.45) is 6.24. The Labute approximate surface area is 107 Å². The molecule has 0 aliphatic heterocycles. The minimum absolute atomic E-state index is 0.186. The van der Waals surface area contributed by atoms with Gasteiger partial charge in [-0.15, -0.1) is 0 Å². The maximum atomic E-state index is 13.0. The third kappa shape index (κ3) is 2.50. The van der Waals surface area contributed by atoms with Crippen molar-refractivity contribution in [3.05, 3.63) is 66.9 Å². The smallest absolute Gasteiger partial charge is 0.123 e. The van der Waals surface area contributed by atoms with Gasteiger partial charge in [0.2, 0.25) is 0 Å². The average Bonchev–Trinajstić information content (AvgIpc) is 2.91. The molecule has 1 aromatic heterocycles. The molecule has 1 N–H and O–H groups in total. The van der Waals surface area contributed by atoms with Gasteiger partial charge in [-0.1, -0.05) is 25.1 Å². The maximum absolute atomic E-state index is 13.0. The lowest BCUT2D eigenvalue weighted by Gasteiger charge is -2.18. The quantitative estimate of drug-likeness (QED) is 0.865. The van der Waals surface area contributed by atoms with Crippen molar-refractivity contribution >= 4 is 5.57 Å². The molecule has 0 aliphatic rings. The lowest BCUT2D eigenvalue weighted by molar-refractivity contribution is 0.626. The van der Waals surface area contributed by atoms with E-state index in [4.69, 9.17) is 0 Å². The number of H-pyrrole nitrogens is 1. The fraction of sp³-hybridized carbons (Fsp3) is 0.200. The van der Waals surface area contributed by atoms with E-state index in [0.717, 1.165) is 23.3 Å². The molecule has 18 heavy (non-hydrogen) atoms. The number of allylic oxidation sites excluding steroid dienone is 2. The van der Waals surface area contributed by atoms with Crippen LogP contribution in [0.2, 0.25) is 0 Å². The topological polar surface area (TPSA) is 28.7 Å². The number of rotatable bonds is 4. The van der Waals surface area contributed by atoms with Crippen LogP contribution in [0.4, 0.5) is 4.39 Å². The molecule has 1 atom stereocenters. The minimum Gasteiger partial charge on any atom is -0.351 e. The summed E-state index contributed by atoms with van der Waals surface area (Å²) in [6.45, 7) is 5.97. The third-order valence-corrected chi connectivity index (χ3v) is 3.07. The number of aromatic amines is 1. The van der Waals surface area contributed by atoms with Crippen molar-refractivity contribution in [2.24, 2.45) is 0 Å². The Morgan fingerprint density at radius 1 is 1.44 bits per heavy atom. The highest BCUT2D eigenvalue weighted by atomic mass is 19.1. The summed E-state index contributed by atoms with van der Waals surface area (Å²) < 4.78 is 13.0. The van der Waals surface area contributed by atoms with E-state index in [9.17, 15) is 4.39 Å². The largest absolute Gasteiger partial charge is 0.351 e. The summed E-state index contributed by atoms with van der Waals surface area (Å²) in [4.78, 5) is 7.21. The van der Waals surface area contributed by atoms with E-state index in [1.807, 2.05) is 24.4 Å². The van der Waals surface area contributed by atoms with Crippen molar-refractivity contribution in [2.75, 3.05) is 0 Å². The standard InChI is InChI=1S/C15H16FN2/c1-3-13(11-5-7-12(16)8-6-11)14(4-2)15-9-17-10-18-15/h4-10,13H,2-3H2,1H3,(H,17,18)/b14-4-. The van der Waals surface area contributed by atoms with Gasteiger partial charge in [0, 0.05) is 12.1 Å². The minimum atomic E-state index is -0.214. The second-order valence-electron chi connectivity index (χ2n) is 4.13. The summed E-state index contributed by atoms with van der Waals surface area (Å²) in [5, 5.41) is 0. The number of nitrogens with zero attached hydrogens (tertiary/aromatic N) is 1. The number of imidazole rings is 1. The number of nitrogens with one attached hydrogen (secondary N) is 1. The highest BCUT2D eigenvalue weighted by molar-refractivity contribution is 5.69. The van der Waals surface area contributed by atoms with Crippen LogP contribution in [0, 0.1) is 12.7 Å². The van der Waals surface area contributed by atoms with Gasteiger partial charge < -0.3 is 4.98 Å². The van der Waals surface area contributed by atoms with Crippen molar-refractivity contribution in [3.63, 3.8) is 0 Å². The van der Waals surface area contributed by atoms with Crippen LogP contribution in [0.3, 0.4) is 0 Å². The van der Waals surface area contributed by atoms with E-state index in [0.29, 0.717) is 0 Å². The molecule has 2 nitrogen and oxygen atoms in total. The first-order valence-electron chi connectivity index (χ1n) is 6.00. The predicted molar refractivity (Wildman–Crippen MR) is 71.4 cm³/mol. The second-order valence-corrected chi connectivity index (χ2v) is 4.13. The van der Waals surface area contributed by atoms with Crippen LogP contribution in [0.5, 0.6) is 0 Å². The van der Waals surface area contributed by atoms with Gasteiger partial charge in [-0.3, -0.25) is 0 Å². The molecule has 0 amide bonds. The van der Waals surface area contributed by atoms with Gasteiger partial charge in [0.25, 0.3) is 0 Å². The summed E-state index contributed by atoms with van der Waals surface area (Å²) in [5.41, 5.74) is 3.03. The molecule has 0 saturated carbocycles. The molecular weight excluding hydrogens is 227 g/mol. The Bertz CT molecular complexity index is 512. The van der Waals surface area contributed by atoms with E-state index in [1.165, 1.54) is 12.1 Å². The molecule has 1 radical (unpaired) electrons. The van der Waals surface area contributed by atoms with Gasteiger partial charge in [0.15, 0.2) is 0 Å². The van der Waals surface area contributed by atoms with E-state index < -0.39 is 0 Å². The summed E-state index contributed by atoms with van der Waals surface area (Å²) in [7, 11) is 0. The third-order valence-electron chi connectivity index (χ3n) is 3.07. The highest BCUT2D eigenvalue weighted by Crippen LogP contribution is 2.33. The van der Waals surface area contributed by atoms with Gasteiger partial charge in [0.1, 0.15) is 5.82 Å². The molecule has 0 fully saturated rings. The van der Waals surface area contributed by atoms with E-state index in [2.05, 4.69) is 23.8 Å². The van der Waals surface area contributed by atoms with Gasteiger partial charge in [-0.05, 0) is 36.6 Å². The van der Waals surface area contributed by atoms with Crippen LogP contribution < -0.4 is 0 Å². The highest BCUT2D eigenvalue weighted by Gasteiger charge is 2.17. The zero-order valence-corrected chi connectivity index (χ0v) is 10.4. The average molecular weight is 243 g/mol. The molecule has 3 heteroatoms. The van der Waals surface area contributed by atoms with Gasteiger partial charge >= 0.3 is 0 Å². The molecule has 1 unspecified atom stereocenters. The molecule has 93 valence electrons. The summed E-state index contributed by atoms with van der Waals surface area (Å²) in [6, 6.07) is 6.62. The number of halogens is 1. The second kappa shape index (κ2) is 5.63. The zero-order valence-electron chi connectivity index (χ0n) is 10.4. The van der Waals surface area contributed by atoms with Crippen molar-refractivity contribution in [1.82, 2.24) is 9.97 Å². The first-order valence-corrected chi connectivity index (χ1v) is 6.00. The lowest BCUT2D eigenvalue weighted by Crippen LogP contribution is -2.01. The molecular formula is C15H16FN2. The van der Waals surface area contributed by atoms with Gasteiger partial charge in [-0.2, -0.15) is 0 Å². The Balaban J connectivity index is 2.36. The molecule has 0 saturated heterocycles. The molecule has 0 aliphatic carbocycles. The fourth-order valence-corrected chi connectivity index (χ4v) is 2.17. The van der Waals surface area contributed by atoms with Crippen LogP contribution >= 0.6 is 0 Å². The predicted octanol–water partition coefficient (Wildman–Crippen LogP) is 3.96. The monoisotopic (exact) mass is 243 g/mol. The number of hydrogen-bond donors (Lipinski definition) is 1. The summed E-state index contributed by atoms with van der Waals surface area (Å²) in [5.74, 6) is -0.0278. The Morgan fingerprint density at radius 2 is 2.17 bits per heavy atom. The van der Waals surface area contributed by atoms with Crippen LogP contribution in [-0.2, 0) is 0 Å². The van der Waals surface area contributed by atoms with Crippen molar-refractivity contribution in [1.29, 1.82) is 0 Å². The first kappa shape index (κ1) is 12.6. The van der Waals surface area contributed by atoms with E-state index in [-0.39, 0.29) is 11.7 Å². The zero-order chi connectivity index (χ0) is 13.0. The summed E-state index contributed by atoms with van der Waals surface area (Å²) >= 11 is 0. The van der Waals surface area contributed by atoms with Crippen molar-refractivity contribution in [2.45, 2.75) is 19.3 Å². The maximum Gasteiger partial charge on any atom is 0.123 e. The van der Waals surface area contributed by atoms with Gasteiger partial charge in [-0.25, -0.2) is 9.37 Å². The number of hydrogen-bond acceptors (Lipinski definition) is 1. The van der Waals surface area contributed by atoms with Crippen LogP contribution in [0.15, 0.2) is 42.9 Å². The Hall–Kier alpha value is -1.90. The molecule has 0 bridgehead atoms. The van der Waals surface area contributed by atoms with Crippen LogP contribution in [0.25, 0.3) is 5.57 Å². The number of aromatic nitrogens is 2. The molecule has 2 aromatic rings. The first-order chi connectivity index (χ1) is 8.76. The number of benzene rings is 1. The van der Waals surface area contributed by atoms with E-state index in [1.54, 1.807) is 6.33 Å².